The molecule has 1 aliphatic heterocycles. The largest absolute Gasteiger partial charge is 0.299 e. The Bertz CT molecular complexity index is 436. The minimum atomic E-state index is 0.122. The molecule has 178 valence electrons. The molecule has 1 heterocycles. The van der Waals surface area contributed by atoms with Crippen molar-refractivity contribution in [1.29, 1.82) is 0 Å². The van der Waals surface area contributed by atoms with Gasteiger partial charge >= 0.3 is 0 Å². The van der Waals surface area contributed by atoms with E-state index < -0.39 is 0 Å². The van der Waals surface area contributed by atoms with E-state index in [0.29, 0.717) is 5.78 Å². The molecule has 2 nitrogen and oxygen atoms in total. The summed E-state index contributed by atoms with van der Waals surface area (Å²) in [5.41, 5.74) is 0.244. The normalized spacial score (nSPS) is 19.3. The minimum Gasteiger partial charge on any atom is -0.299 e. The highest BCUT2D eigenvalue weighted by Gasteiger charge is 2.44. The average Bonchev–Trinajstić information content (AvgIpc) is 2.68. The lowest BCUT2D eigenvalue weighted by molar-refractivity contribution is -0.130. The molecular formula is C28H55NO. The smallest absolute Gasteiger partial charge is 0.136 e. The standard InChI is InChI=1S/C28H55NO/c1-7-8-9-10-11-12-13-14-15-16-17-18-19-20-21-22-26(30)25-23-27(2,3)29(6)28(4,5)24-25/h25H,7-24H2,1-6H3. The van der Waals surface area contributed by atoms with Crippen LogP contribution in [0.15, 0.2) is 0 Å². The number of rotatable bonds is 17. The Kier molecular flexibility index (Phi) is 13.5. The second-order valence-electron chi connectivity index (χ2n) is 11.5. The molecule has 0 spiro atoms. The van der Waals surface area contributed by atoms with E-state index in [-0.39, 0.29) is 17.0 Å². The summed E-state index contributed by atoms with van der Waals surface area (Å²) in [6, 6.07) is 0. The SMILES string of the molecule is CCCCCCCCCCCCCCCCCC(=O)C1CC(C)(C)N(C)C(C)(C)C1. The van der Waals surface area contributed by atoms with E-state index in [0.717, 1.165) is 25.7 Å². The highest BCUT2D eigenvalue weighted by molar-refractivity contribution is 5.81. The molecule has 1 aliphatic rings. The highest BCUT2D eigenvalue weighted by Crippen LogP contribution is 2.40. The van der Waals surface area contributed by atoms with Crippen LogP contribution < -0.4 is 0 Å². The Hall–Kier alpha value is -0.370. The summed E-state index contributed by atoms with van der Waals surface area (Å²) >= 11 is 0. The third-order valence-corrected chi connectivity index (χ3v) is 7.79. The fourth-order valence-corrected chi connectivity index (χ4v) is 5.47. The van der Waals surface area contributed by atoms with Gasteiger partial charge in [-0.15, -0.1) is 0 Å². The van der Waals surface area contributed by atoms with Crippen molar-refractivity contribution < 1.29 is 4.79 Å². The first kappa shape index (κ1) is 27.7. The summed E-state index contributed by atoms with van der Waals surface area (Å²) < 4.78 is 0. The lowest BCUT2D eigenvalue weighted by atomic mass is 9.72. The predicted molar refractivity (Wildman–Crippen MR) is 133 cm³/mol. The Balaban J connectivity index is 1.97. The molecule has 0 bridgehead atoms. The van der Waals surface area contributed by atoms with E-state index in [2.05, 4.69) is 46.6 Å². The van der Waals surface area contributed by atoms with Gasteiger partial charge in [0.05, 0.1) is 0 Å². The van der Waals surface area contributed by atoms with Crippen LogP contribution in [-0.4, -0.2) is 28.8 Å². The molecule has 0 N–H and O–H groups in total. The van der Waals surface area contributed by atoms with Crippen molar-refractivity contribution >= 4 is 5.78 Å². The number of nitrogens with zero attached hydrogens (tertiary/aromatic N) is 1. The minimum absolute atomic E-state index is 0.122. The van der Waals surface area contributed by atoms with Crippen LogP contribution in [0.1, 0.15) is 150 Å². The maximum absolute atomic E-state index is 12.8. The van der Waals surface area contributed by atoms with E-state index >= 15 is 0 Å². The van der Waals surface area contributed by atoms with Gasteiger partial charge in [-0.1, -0.05) is 96.8 Å². The molecule has 1 saturated heterocycles. The molecule has 0 amide bonds. The maximum Gasteiger partial charge on any atom is 0.136 e. The van der Waals surface area contributed by atoms with E-state index in [1.165, 1.54) is 89.9 Å². The van der Waals surface area contributed by atoms with Gasteiger partial charge in [0.15, 0.2) is 0 Å². The van der Waals surface area contributed by atoms with Crippen LogP contribution in [-0.2, 0) is 4.79 Å². The molecule has 0 aliphatic carbocycles. The summed E-state index contributed by atoms with van der Waals surface area (Å²) in [6.45, 7) is 11.5. The number of hydrogen-bond acceptors (Lipinski definition) is 2. The zero-order valence-electron chi connectivity index (χ0n) is 21.7. The van der Waals surface area contributed by atoms with Crippen molar-refractivity contribution in [3.05, 3.63) is 0 Å². The Morgan fingerprint density at radius 3 is 1.37 bits per heavy atom. The van der Waals surface area contributed by atoms with Gasteiger partial charge in [0, 0.05) is 23.4 Å². The molecule has 0 aromatic carbocycles. The Labute approximate surface area is 190 Å². The van der Waals surface area contributed by atoms with Gasteiger partial charge in [-0.2, -0.15) is 0 Å². The predicted octanol–water partition coefficient (Wildman–Crippen LogP) is 8.72. The van der Waals surface area contributed by atoms with Gasteiger partial charge in [-0.3, -0.25) is 9.69 Å². The molecule has 0 atom stereocenters. The van der Waals surface area contributed by atoms with Crippen molar-refractivity contribution in [3.63, 3.8) is 0 Å². The van der Waals surface area contributed by atoms with Crippen molar-refractivity contribution in [1.82, 2.24) is 4.90 Å². The molecule has 0 unspecified atom stereocenters. The first-order valence-corrected chi connectivity index (χ1v) is 13.5. The lowest BCUT2D eigenvalue weighted by Gasteiger charge is -2.53. The number of ketones is 1. The zero-order valence-corrected chi connectivity index (χ0v) is 21.7. The molecule has 0 radical (unpaired) electrons. The van der Waals surface area contributed by atoms with Gasteiger partial charge in [0.1, 0.15) is 5.78 Å². The maximum atomic E-state index is 12.8. The van der Waals surface area contributed by atoms with E-state index in [4.69, 9.17) is 0 Å². The van der Waals surface area contributed by atoms with Crippen LogP contribution in [0.4, 0.5) is 0 Å². The molecule has 0 saturated carbocycles. The first-order valence-electron chi connectivity index (χ1n) is 13.5. The average molecular weight is 422 g/mol. The summed E-state index contributed by atoms with van der Waals surface area (Å²) in [5.74, 6) is 0.789. The number of unbranched alkanes of at least 4 members (excludes halogenated alkanes) is 14. The lowest BCUT2D eigenvalue weighted by Crippen LogP contribution is -2.59. The Morgan fingerprint density at radius 1 is 0.667 bits per heavy atom. The van der Waals surface area contributed by atoms with Crippen LogP contribution >= 0.6 is 0 Å². The fraction of sp³-hybridized carbons (Fsp3) is 0.964. The van der Waals surface area contributed by atoms with Gasteiger partial charge in [0.2, 0.25) is 0 Å². The van der Waals surface area contributed by atoms with Crippen molar-refractivity contribution in [2.24, 2.45) is 5.92 Å². The molecular weight excluding hydrogens is 366 g/mol. The van der Waals surface area contributed by atoms with Gasteiger partial charge < -0.3 is 0 Å². The number of likely N-dealkylation sites (tertiary alicyclic amines) is 1. The topological polar surface area (TPSA) is 20.3 Å². The third-order valence-electron chi connectivity index (χ3n) is 7.79. The summed E-state index contributed by atoms with van der Waals surface area (Å²) in [7, 11) is 2.22. The third kappa shape index (κ3) is 10.8. The van der Waals surface area contributed by atoms with Crippen LogP contribution in [0.5, 0.6) is 0 Å². The monoisotopic (exact) mass is 421 g/mol. The second kappa shape index (κ2) is 14.6. The van der Waals surface area contributed by atoms with Gasteiger partial charge in [-0.05, 0) is 54.0 Å². The Morgan fingerprint density at radius 2 is 1.00 bits per heavy atom. The van der Waals surface area contributed by atoms with Crippen LogP contribution in [0.2, 0.25) is 0 Å². The van der Waals surface area contributed by atoms with Gasteiger partial charge in [0.25, 0.3) is 0 Å². The molecule has 0 aromatic heterocycles. The van der Waals surface area contributed by atoms with E-state index in [1.807, 2.05) is 0 Å². The molecule has 2 heteroatoms. The quantitative estimate of drug-likeness (QED) is 0.219. The number of carbonyl (C=O) groups is 1. The first-order chi connectivity index (χ1) is 14.2. The summed E-state index contributed by atoms with van der Waals surface area (Å²) in [4.78, 5) is 15.3. The number of Topliss-reactive ketones (excluding diaryl/α,β-unsaturated/α-hetero) is 1. The second-order valence-corrected chi connectivity index (χ2v) is 11.5. The van der Waals surface area contributed by atoms with Crippen LogP contribution in [0.25, 0.3) is 0 Å². The fourth-order valence-electron chi connectivity index (χ4n) is 5.47. The van der Waals surface area contributed by atoms with Crippen molar-refractivity contribution in [2.45, 2.75) is 161 Å². The highest BCUT2D eigenvalue weighted by atomic mass is 16.1. The number of carbonyl (C=O) groups excluding carboxylic acids is 1. The van der Waals surface area contributed by atoms with Crippen molar-refractivity contribution in [2.75, 3.05) is 7.05 Å². The van der Waals surface area contributed by atoms with Crippen molar-refractivity contribution in [3.8, 4) is 0 Å². The molecule has 1 rings (SSSR count). The number of piperidine rings is 1. The van der Waals surface area contributed by atoms with E-state index in [9.17, 15) is 4.79 Å². The van der Waals surface area contributed by atoms with Gasteiger partial charge in [-0.25, -0.2) is 0 Å². The summed E-state index contributed by atoms with van der Waals surface area (Å²) in [6.07, 6.45) is 23.5. The summed E-state index contributed by atoms with van der Waals surface area (Å²) in [5, 5.41) is 0. The number of hydrogen-bond donors (Lipinski definition) is 0. The molecule has 1 fully saturated rings. The van der Waals surface area contributed by atoms with Crippen LogP contribution in [0, 0.1) is 5.92 Å². The molecule has 30 heavy (non-hydrogen) atoms. The van der Waals surface area contributed by atoms with E-state index in [1.54, 1.807) is 0 Å². The molecule has 0 aromatic rings. The zero-order chi connectivity index (χ0) is 22.5. The van der Waals surface area contributed by atoms with Crippen LogP contribution in [0.3, 0.4) is 0 Å².